The second kappa shape index (κ2) is 6.96. The zero-order valence-corrected chi connectivity index (χ0v) is 13.2. The molecule has 3 aromatic rings. The molecule has 1 amide bonds. The Morgan fingerprint density at radius 1 is 1.08 bits per heavy atom. The number of halogens is 3. The number of carbonyl (C=O) groups excluding carboxylic acids is 1. The highest BCUT2D eigenvalue weighted by molar-refractivity contribution is 5.77. The summed E-state index contributed by atoms with van der Waals surface area (Å²) in [6.45, 7) is 0.205. The Bertz CT molecular complexity index is 869. The minimum absolute atomic E-state index is 0.149. The third-order valence-corrected chi connectivity index (χ3v) is 3.90. The van der Waals surface area contributed by atoms with Crippen LogP contribution in [0.1, 0.15) is 23.1 Å². The number of alkyl halides is 3. The van der Waals surface area contributed by atoms with Gasteiger partial charge < -0.3 is 10.3 Å². The molecule has 0 bridgehead atoms. The minimum atomic E-state index is -4.35. The van der Waals surface area contributed by atoms with Crippen molar-refractivity contribution in [2.24, 2.45) is 0 Å². The number of benzene rings is 2. The molecule has 25 heavy (non-hydrogen) atoms. The number of imidazole rings is 1. The minimum Gasteiger partial charge on any atom is -0.352 e. The first-order valence-corrected chi connectivity index (χ1v) is 7.77. The Labute approximate surface area is 142 Å². The number of nitrogens with zero attached hydrogens (tertiary/aromatic N) is 1. The number of amides is 1. The molecule has 3 rings (SSSR count). The molecular weight excluding hydrogens is 331 g/mol. The third kappa shape index (κ3) is 4.37. The lowest BCUT2D eigenvalue weighted by atomic mass is 10.1. The van der Waals surface area contributed by atoms with E-state index in [1.54, 1.807) is 6.33 Å². The number of aromatic nitrogens is 2. The molecule has 0 aliphatic carbocycles. The first-order chi connectivity index (χ1) is 11.9. The van der Waals surface area contributed by atoms with Crippen molar-refractivity contribution in [1.82, 2.24) is 15.3 Å². The molecule has 0 aliphatic heterocycles. The van der Waals surface area contributed by atoms with Gasteiger partial charge in [-0.05, 0) is 41.8 Å². The number of nitrogens with one attached hydrogen (secondary N) is 2. The second-order valence-corrected chi connectivity index (χ2v) is 5.73. The monoisotopic (exact) mass is 347 g/mol. The molecular formula is C18H16F3N3O. The smallest absolute Gasteiger partial charge is 0.352 e. The number of hydrogen-bond donors (Lipinski definition) is 2. The molecule has 0 radical (unpaired) electrons. The quantitative estimate of drug-likeness (QED) is 0.737. The van der Waals surface area contributed by atoms with Crippen molar-refractivity contribution in [1.29, 1.82) is 0 Å². The van der Waals surface area contributed by atoms with Crippen molar-refractivity contribution < 1.29 is 18.0 Å². The van der Waals surface area contributed by atoms with Crippen LogP contribution < -0.4 is 5.32 Å². The van der Waals surface area contributed by atoms with Crippen LogP contribution in [0.2, 0.25) is 0 Å². The van der Waals surface area contributed by atoms with Gasteiger partial charge in [0.2, 0.25) is 5.91 Å². The summed E-state index contributed by atoms with van der Waals surface area (Å²) >= 11 is 0. The average Bonchev–Trinajstić information content (AvgIpc) is 3.05. The fourth-order valence-corrected chi connectivity index (χ4v) is 2.50. The zero-order chi connectivity index (χ0) is 17.9. The van der Waals surface area contributed by atoms with Crippen LogP contribution in [0.5, 0.6) is 0 Å². The van der Waals surface area contributed by atoms with E-state index in [1.165, 1.54) is 12.1 Å². The first kappa shape index (κ1) is 17.0. The van der Waals surface area contributed by atoms with E-state index in [0.717, 1.165) is 28.7 Å². The lowest BCUT2D eigenvalue weighted by Gasteiger charge is -2.09. The van der Waals surface area contributed by atoms with Crippen molar-refractivity contribution in [3.63, 3.8) is 0 Å². The highest BCUT2D eigenvalue weighted by Crippen LogP contribution is 2.29. The van der Waals surface area contributed by atoms with Crippen molar-refractivity contribution in [2.45, 2.75) is 25.6 Å². The van der Waals surface area contributed by atoms with E-state index in [4.69, 9.17) is 0 Å². The van der Waals surface area contributed by atoms with E-state index in [1.807, 2.05) is 18.2 Å². The van der Waals surface area contributed by atoms with Crippen LogP contribution in [0.15, 0.2) is 48.8 Å². The molecule has 0 saturated carbocycles. The first-order valence-electron chi connectivity index (χ1n) is 7.77. The predicted molar refractivity (Wildman–Crippen MR) is 87.7 cm³/mol. The summed E-state index contributed by atoms with van der Waals surface area (Å²) < 4.78 is 37.5. The molecule has 0 unspecified atom stereocenters. The maximum atomic E-state index is 12.5. The number of fused-ring (bicyclic) bond motifs is 1. The lowest BCUT2D eigenvalue weighted by molar-refractivity contribution is -0.137. The largest absolute Gasteiger partial charge is 0.416 e. The summed E-state index contributed by atoms with van der Waals surface area (Å²) in [6, 6.07) is 10.5. The van der Waals surface area contributed by atoms with Crippen LogP contribution in [0.25, 0.3) is 11.0 Å². The highest BCUT2D eigenvalue weighted by atomic mass is 19.4. The van der Waals surface area contributed by atoms with Gasteiger partial charge in [0.25, 0.3) is 0 Å². The van der Waals surface area contributed by atoms with Crippen molar-refractivity contribution in [3.05, 3.63) is 65.5 Å². The van der Waals surface area contributed by atoms with E-state index in [2.05, 4.69) is 15.3 Å². The van der Waals surface area contributed by atoms with Gasteiger partial charge in [0.05, 0.1) is 22.9 Å². The topological polar surface area (TPSA) is 57.8 Å². The molecule has 7 heteroatoms. The average molecular weight is 347 g/mol. The summed E-state index contributed by atoms with van der Waals surface area (Å²) in [5.74, 6) is -0.149. The number of aromatic amines is 1. The van der Waals surface area contributed by atoms with Gasteiger partial charge in [-0.15, -0.1) is 0 Å². The molecule has 0 atom stereocenters. The summed E-state index contributed by atoms with van der Waals surface area (Å²) in [5.41, 5.74) is 2.73. The lowest BCUT2D eigenvalue weighted by Crippen LogP contribution is -2.23. The molecule has 1 heterocycles. The second-order valence-electron chi connectivity index (χ2n) is 5.73. The number of H-pyrrole nitrogens is 1. The van der Waals surface area contributed by atoms with Gasteiger partial charge in [-0.25, -0.2) is 4.98 Å². The van der Waals surface area contributed by atoms with E-state index in [9.17, 15) is 18.0 Å². The number of carbonyl (C=O) groups is 1. The van der Waals surface area contributed by atoms with Crippen LogP contribution >= 0.6 is 0 Å². The van der Waals surface area contributed by atoms with Crippen LogP contribution in [-0.2, 0) is 23.9 Å². The maximum Gasteiger partial charge on any atom is 0.416 e. The number of hydrogen-bond acceptors (Lipinski definition) is 2. The Morgan fingerprint density at radius 3 is 2.52 bits per heavy atom. The predicted octanol–water partition coefficient (Wildman–Crippen LogP) is 3.83. The molecule has 0 spiro atoms. The fourth-order valence-electron chi connectivity index (χ4n) is 2.50. The summed E-state index contributed by atoms with van der Waals surface area (Å²) in [5, 5.41) is 2.72. The summed E-state index contributed by atoms with van der Waals surface area (Å²) in [4.78, 5) is 19.1. The van der Waals surface area contributed by atoms with Crippen molar-refractivity contribution >= 4 is 16.9 Å². The molecule has 0 saturated heterocycles. The van der Waals surface area contributed by atoms with Gasteiger partial charge in [-0.1, -0.05) is 18.2 Å². The van der Waals surface area contributed by atoms with Crippen LogP contribution in [0, 0.1) is 0 Å². The number of rotatable bonds is 5. The summed E-state index contributed by atoms with van der Waals surface area (Å²) in [7, 11) is 0. The van der Waals surface area contributed by atoms with E-state index < -0.39 is 11.7 Å². The Hall–Kier alpha value is -2.83. The standard InChI is InChI=1S/C18H16F3N3O/c19-18(20,21)14-5-1-13(2-6-14)10-22-17(25)8-4-12-3-7-15-16(9-12)24-11-23-15/h1-3,5-7,9,11H,4,8,10H2,(H,22,25)(H,23,24). The Kier molecular flexibility index (Phi) is 4.74. The van der Waals surface area contributed by atoms with Crippen molar-refractivity contribution in [3.8, 4) is 0 Å². The van der Waals surface area contributed by atoms with Gasteiger partial charge in [0, 0.05) is 13.0 Å². The zero-order valence-electron chi connectivity index (χ0n) is 13.2. The van der Waals surface area contributed by atoms with E-state index in [0.29, 0.717) is 18.4 Å². The molecule has 2 aromatic carbocycles. The highest BCUT2D eigenvalue weighted by Gasteiger charge is 2.29. The van der Waals surface area contributed by atoms with E-state index in [-0.39, 0.29) is 12.5 Å². The molecule has 2 N–H and O–H groups in total. The van der Waals surface area contributed by atoms with Crippen LogP contribution in [0.4, 0.5) is 13.2 Å². The normalized spacial score (nSPS) is 11.6. The Balaban J connectivity index is 1.49. The van der Waals surface area contributed by atoms with Gasteiger partial charge >= 0.3 is 6.18 Å². The molecule has 4 nitrogen and oxygen atoms in total. The van der Waals surface area contributed by atoms with Crippen LogP contribution in [-0.4, -0.2) is 15.9 Å². The van der Waals surface area contributed by atoms with Crippen LogP contribution in [0.3, 0.4) is 0 Å². The molecule has 130 valence electrons. The Morgan fingerprint density at radius 2 is 1.80 bits per heavy atom. The van der Waals surface area contributed by atoms with Crippen molar-refractivity contribution in [2.75, 3.05) is 0 Å². The van der Waals surface area contributed by atoms with E-state index >= 15 is 0 Å². The van der Waals surface area contributed by atoms with Gasteiger partial charge in [-0.3, -0.25) is 4.79 Å². The SMILES string of the molecule is O=C(CCc1ccc2nc[nH]c2c1)NCc1ccc(C(F)(F)F)cc1. The third-order valence-electron chi connectivity index (χ3n) is 3.90. The molecule has 1 aromatic heterocycles. The fraction of sp³-hybridized carbons (Fsp3) is 0.222. The summed E-state index contributed by atoms with van der Waals surface area (Å²) in [6.07, 6.45) is -1.85. The van der Waals surface area contributed by atoms with Gasteiger partial charge in [-0.2, -0.15) is 13.2 Å². The molecule has 0 aliphatic rings. The maximum absolute atomic E-state index is 12.5. The number of aryl methyl sites for hydroxylation is 1. The van der Waals surface area contributed by atoms with Gasteiger partial charge in [0.15, 0.2) is 0 Å². The van der Waals surface area contributed by atoms with Gasteiger partial charge in [0.1, 0.15) is 0 Å². The molecule has 0 fully saturated rings.